The number of thioether (sulfide) groups is 1. The maximum Gasteiger partial charge on any atom is 0.184 e. The predicted octanol–water partition coefficient (Wildman–Crippen LogP) is 1.43. The maximum atomic E-state index is 6.02. The lowest BCUT2D eigenvalue weighted by molar-refractivity contribution is -0.198. The first-order chi connectivity index (χ1) is 8.36. The molecule has 0 amide bonds. The number of hydrogen-bond acceptors (Lipinski definition) is 5. The first-order valence-electron chi connectivity index (χ1n) is 6.40. The van der Waals surface area contributed by atoms with Gasteiger partial charge in [0.15, 0.2) is 6.29 Å². The Kier molecular flexibility index (Phi) is 3.92. The van der Waals surface area contributed by atoms with E-state index in [2.05, 4.69) is 0 Å². The number of methoxy groups -OCH3 is 1. The molecule has 17 heavy (non-hydrogen) atoms. The second-order valence-electron chi connectivity index (χ2n) is 4.89. The van der Waals surface area contributed by atoms with Crippen LogP contribution >= 0.6 is 11.8 Å². The highest BCUT2D eigenvalue weighted by Gasteiger charge is 2.45. The Balaban J connectivity index is 1.51. The monoisotopic (exact) mass is 260 g/mol. The van der Waals surface area contributed by atoms with Crippen molar-refractivity contribution in [2.45, 2.75) is 49.1 Å². The van der Waals surface area contributed by atoms with Crippen LogP contribution in [-0.2, 0) is 18.9 Å². The summed E-state index contributed by atoms with van der Waals surface area (Å²) in [4.78, 5) is 0. The smallest absolute Gasteiger partial charge is 0.184 e. The van der Waals surface area contributed by atoms with Crippen LogP contribution in [-0.4, -0.2) is 55.9 Å². The van der Waals surface area contributed by atoms with Crippen LogP contribution in [0.4, 0.5) is 0 Å². The van der Waals surface area contributed by atoms with Crippen molar-refractivity contribution in [3.05, 3.63) is 0 Å². The van der Waals surface area contributed by atoms with E-state index in [4.69, 9.17) is 18.9 Å². The Morgan fingerprint density at radius 1 is 1.35 bits per heavy atom. The summed E-state index contributed by atoms with van der Waals surface area (Å²) in [5.41, 5.74) is 0. The molecule has 0 aromatic heterocycles. The normalized spacial score (nSPS) is 45.4. The zero-order chi connectivity index (χ0) is 11.7. The van der Waals surface area contributed by atoms with E-state index in [0.29, 0.717) is 11.9 Å². The Morgan fingerprint density at radius 3 is 3.06 bits per heavy atom. The first kappa shape index (κ1) is 12.2. The van der Waals surface area contributed by atoms with Crippen LogP contribution in [0.3, 0.4) is 0 Å². The van der Waals surface area contributed by atoms with E-state index < -0.39 is 0 Å². The van der Waals surface area contributed by atoms with Crippen molar-refractivity contribution in [2.24, 2.45) is 0 Å². The van der Waals surface area contributed by atoms with Gasteiger partial charge in [-0.2, -0.15) is 11.8 Å². The molecule has 0 N–H and O–H groups in total. The van der Waals surface area contributed by atoms with Gasteiger partial charge in [0.2, 0.25) is 0 Å². The fourth-order valence-electron chi connectivity index (χ4n) is 2.71. The largest absolute Gasteiger partial charge is 0.376 e. The summed E-state index contributed by atoms with van der Waals surface area (Å²) in [6.45, 7) is 1.49. The molecule has 0 aromatic rings. The van der Waals surface area contributed by atoms with Crippen LogP contribution in [0, 0.1) is 0 Å². The third-order valence-electron chi connectivity index (χ3n) is 3.74. The number of ether oxygens (including phenoxy) is 4. The first-order valence-corrected chi connectivity index (χ1v) is 7.45. The lowest BCUT2D eigenvalue weighted by Crippen LogP contribution is -2.44. The van der Waals surface area contributed by atoms with Crippen LogP contribution in [0.2, 0.25) is 0 Å². The topological polar surface area (TPSA) is 36.9 Å². The SMILES string of the molecule is CO[C@@H]1C[C@H](OCC2CCCS2)[C@H]2COC1O2. The van der Waals surface area contributed by atoms with Gasteiger partial charge in [0, 0.05) is 18.8 Å². The average molecular weight is 260 g/mol. The van der Waals surface area contributed by atoms with E-state index in [1.54, 1.807) is 7.11 Å². The summed E-state index contributed by atoms with van der Waals surface area (Å²) < 4.78 is 22.7. The maximum absolute atomic E-state index is 6.02. The Morgan fingerprint density at radius 2 is 2.29 bits per heavy atom. The van der Waals surface area contributed by atoms with E-state index in [-0.39, 0.29) is 24.6 Å². The fraction of sp³-hybridized carbons (Fsp3) is 1.00. The third-order valence-corrected chi connectivity index (χ3v) is 5.11. The molecule has 3 saturated heterocycles. The van der Waals surface area contributed by atoms with Crippen LogP contribution in [0.1, 0.15) is 19.3 Å². The molecule has 0 spiro atoms. The highest BCUT2D eigenvalue weighted by atomic mass is 32.2. The van der Waals surface area contributed by atoms with Gasteiger partial charge in [0.1, 0.15) is 12.2 Å². The quantitative estimate of drug-likeness (QED) is 0.764. The molecular formula is C12H20O4S. The summed E-state index contributed by atoms with van der Waals surface area (Å²) in [7, 11) is 1.71. The molecular weight excluding hydrogens is 240 g/mol. The van der Waals surface area contributed by atoms with E-state index in [0.717, 1.165) is 13.0 Å². The minimum absolute atomic E-state index is 0.0231. The van der Waals surface area contributed by atoms with Crippen LogP contribution in [0.5, 0.6) is 0 Å². The molecule has 0 radical (unpaired) electrons. The van der Waals surface area contributed by atoms with Crippen LogP contribution in [0.25, 0.3) is 0 Å². The van der Waals surface area contributed by atoms with Gasteiger partial charge in [-0.1, -0.05) is 0 Å². The van der Waals surface area contributed by atoms with Gasteiger partial charge < -0.3 is 18.9 Å². The minimum Gasteiger partial charge on any atom is -0.376 e. The molecule has 2 unspecified atom stereocenters. The molecule has 5 atom stereocenters. The van der Waals surface area contributed by atoms with Crippen molar-refractivity contribution in [2.75, 3.05) is 26.1 Å². The molecule has 3 aliphatic rings. The molecule has 5 heteroatoms. The molecule has 98 valence electrons. The van der Waals surface area contributed by atoms with Gasteiger partial charge in [-0.3, -0.25) is 0 Å². The minimum atomic E-state index is -0.175. The highest BCUT2D eigenvalue weighted by Crippen LogP contribution is 2.32. The molecule has 0 aromatic carbocycles. The Hall–Kier alpha value is 0.190. The fourth-order valence-corrected chi connectivity index (χ4v) is 3.89. The average Bonchev–Trinajstić information content (AvgIpc) is 2.99. The number of fused-ring (bicyclic) bond motifs is 2. The van der Waals surface area contributed by atoms with Gasteiger partial charge >= 0.3 is 0 Å². The number of hydrogen-bond donors (Lipinski definition) is 0. The highest BCUT2D eigenvalue weighted by molar-refractivity contribution is 8.00. The molecule has 3 rings (SSSR count). The van der Waals surface area contributed by atoms with Crippen molar-refractivity contribution in [3.8, 4) is 0 Å². The van der Waals surface area contributed by atoms with E-state index in [1.165, 1.54) is 18.6 Å². The predicted molar refractivity (Wildman–Crippen MR) is 65.2 cm³/mol. The van der Waals surface area contributed by atoms with Gasteiger partial charge in [-0.15, -0.1) is 0 Å². The molecule has 0 saturated carbocycles. The molecule has 4 nitrogen and oxygen atoms in total. The summed E-state index contributed by atoms with van der Waals surface area (Å²) in [5, 5.41) is 0.677. The van der Waals surface area contributed by atoms with Crippen molar-refractivity contribution >= 4 is 11.8 Å². The van der Waals surface area contributed by atoms with E-state index in [9.17, 15) is 0 Å². The van der Waals surface area contributed by atoms with Crippen molar-refractivity contribution in [3.63, 3.8) is 0 Å². The van der Waals surface area contributed by atoms with Crippen molar-refractivity contribution < 1.29 is 18.9 Å². The van der Waals surface area contributed by atoms with Crippen LogP contribution in [0.15, 0.2) is 0 Å². The number of rotatable bonds is 4. The Labute approximate surface area is 106 Å². The standard InChI is InChI=1S/C12H20O4S/c1-13-10-5-9(11-7-15-12(10)16-11)14-6-8-3-2-4-17-8/h8-12H,2-7H2,1H3/t8?,9-,10+,11+,12?/m0/s1. The van der Waals surface area contributed by atoms with Gasteiger partial charge in [0.05, 0.1) is 19.3 Å². The van der Waals surface area contributed by atoms with Gasteiger partial charge in [-0.25, -0.2) is 0 Å². The summed E-state index contributed by atoms with van der Waals surface area (Å²) in [6.07, 6.45) is 3.60. The lowest BCUT2D eigenvalue weighted by atomic mass is 10.0. The second kappa shape index (κ2) is 5.45. The van der Waals surface area contributed by atoms with Crippen molar-refractivity contribution in [1.29, 1.82) is 0 Å². The summed E-state index contributed by atoms with van der Waals surface area (Å²) in [6, 6.07) is 0. The zero-order valence-electron chi connectivity index (χ0n) is 10.2. The molecule has 0 aliphatic carbocycles. The zero-order valence-corrected chi connectivity index (χ0v) is 11.0. The van der Waals surface area contributed by atoms with E-state index in [1.807, 2.05) is 11.8 Å². The molecule has 3 heterocycles. The van der Waals surface area contributed by atoms with Crippen LogP contribution < -0.4 is 0 Å². The Bertz CT molecular complexity index is 257. The lowest BCUT2D eigenvalue weighted by Gasteiger charge is -2.33. The summed E-state index contributed by atoms with van der Waals surface area (Å²) in [5.74, 6) is 1.28. The van der Waals surface area contributed by atoms with Gasteiger partial charge in [0.25, 0.3) is 0 Å². The third kappa shape index (κ3) is 2.63. The summed E-state index contributed by atoms with van der Waals surface area (Å²) >= 11 is 2.03. The van der Waals surface area contributed by atoms with Crippen molar-refractivity contribution in [1.82, 2.24) is 0 Å². The molecule has 2 bridgehead atoms. The van der Waals surface area contributed by atoms with E-state index >= 15 is 0 Å². The second-order valence-corrected chi connectivity index (χ2v) is 6.30. The van der Waals surface area contributed by atoms with Gasteiger partial charge in [-0.05, 0) is 18.6 Å². The molecule has 3 fully saturated rings. The molecule has 3 aliphatic heterocycles.